The molecular formula is C21H22N4O4S. The van der Waals surface area contributed by atoms with Crippen LogP contribution in [0.1, 0.15) is 33.1 Å². The maximum absolute atomic E-state index is 12.0. The van der Waals surface area contributed by atoms with Crippen molar-refractivity contribution in [3.8, 4) is 17.0 Å². The molecule has 0 bridgehead atoms. The number of nitrogens with zero attached hydrogens (tertiary/aromatic N) is 3. The third-order valence-corrected chi connectivity index (χ3v) is 6.30. The third kappa shape index (κ3) is 3.80. The van der Waals surface area contributed by atoms with Crippen molar-refractivity contribution in [1.82, 2.24) is 9.97 Å². The van der Waals surface area contributed by atoms with Crippen LogP contribution in [0.4, 0.5) is 5.69 Å². The highest BCUT2D eigenvalue weighted by Crippen LogP contribution is 2.31. The smallest absolute Gasteiger partial charge is 0.242 e. The Bertz CT molecular complexity index is 1310. The van der Waals surface area contributed by atoms with Gasteiger partial charge in [0.05, 0.1) is 12.9 Å². The summed E-state index contributed by atoms with van der Waals surface area (Å²) in [6.45, 7) is 5.59. The molecule has 0 spiro atoms. The first-order valence-corrected chi connectivity index (χ1v) is 11.1. The molecule has 0 saturated heterocycles. The number of aromatic nitrogens is 2. The molecule has 0 amide bonds. The van der Waals surface area contributed by atoms with E-state index in [4.69, 9.17) is 9.15 Å². The first kappa shape index (κ1) is 20.1. The van der Waals surface area contributed by atoms with Gasteiger partial charge in [-0.05, 0) is 50.1 Å². The van der Waals surface area contributed by atoms with E-state index in [1.54, 1.807) is 19.2 Å². The summed E-state index contributed by atoms with van der Waals surface area (Å²) in [5.41, 5.74) is 6.20. The Hall–Kier alpha value is -3.20. The molecule has 0 radical (unpaired) electrons. The second-order valence-electron chi connectivity index (χ2n) is 7.09. The number of ether oxygens (including phenoxy) is 1. The molecule has 0 saturated carbocycles. The van der Waals surface area contributed by atoms with Gasteiger partial charge in [-0.1, -0.05) is 6.07 Å². The summed E-state index contributed by atoms with van der Waals surface area (Å²) in [6.07, 6.45) is 2.35. The Labute approximate surface area is 174 Å². The zero-order chi connectivity index (χ0) is 21.5. The molecule has 1 aromatic carbocycles. The molecule has 156 valence electrons. The Balaban J connectivity index is 1.70. The summed E-state index contributed by atoms with van der Waals surface area (Å²) >= 11 is 0. The number of anilines is 1. The highest BCUT2D eigenvalue weighted by molar-refractivity contribution is 7.92. The lowest BCUT2D eigenvalue weighted by molar-refractivity contribution is 0.400. The fraction of sp³-hybridized carbons (Fsp3) is 0.286. The average molecular weight is 426 g/mol. The molecule has 8 nitrogen and oxygen atoms in total. The molecule has 3 heterocycles. The van der Waals surface area contributed by atoms with Crippen molar-refractivity contribution in [1.29, 1.82) is 0 Å². The summed E-state index contributed by atoms with van der Waals surface area (Å²) < 4.78 is 37.7. The SMILES string of the molecule is CCS(=O)(=O)Nc1cc(-c2ccc3nc(C4=NC(C)=C(C)C4)oc3c2)cnc1OC. The molecule has 0 atom stereocenters. The molecule has 0 unspecified atom stereocenters. The number of oxazole rings is 1. The van der Waals surface area contributed by atoms with Crippen LogP contribution in [-0.2, 0) is 10.0 Å². The Morgan fingerprint density at radius 2 is 2.00 bits per heavy atom. The van der Waals surface area contributed by atoms with Crippen LogP contribution in [0.3, 0.4) is 0 Å². The van der Waals surface area contributed by atoms with Gasteiger partial charge in [0.2, 0.25) is 21.8 Å². The second-order valence-corrected chi connectivity index (χ2v) is 9.10. The topological polar surface area (TPSA) is 107 Å². The van der Waals surface area contributed by atoms with Gasteiger partial charge in [-0.3, -0.25) is 9.71 Å². The number of fused-ring (bicyclic) bond motifs is 1. The lowest BCUT2D eigenvalue weighted by Crippen LogP contribution is -2.15. The normalized spacial score (nSPS) is 14.3. The van der Waals surface area contributed by atoms with Gasteiger partial charge in [0.25, 0.3) is 0 Å². The molecule has 4 rings (SSSR count). The molecule has 1 aliphatic rings. The fourth-order valence-electron chi connectivity index (χ4n) is 3.15. The van der Waals surface area contributed by atoms with Crippen molar-refractivity contribution in [3.05, 3.63) is 47.6 Å². The van der Waals surface area contributed by atoms with Gasteiger partial charge in [-0.25, -0.2) is 18.4 Å². The van der Waals surface area contributed by atoms with E-state index in [-0.39, 0.29) is 17.3 Å². The van der Waals surface area contributed by atoms with E-state index in [1.807, 2.05) is 32.0 Å². The quantitative estimate of drug-likeness (QED) is 0.635. The molecule has 1 N–H and O–H groups in total. The second kappa shape index (κ2) is 7.56. The van der Waals surface area contributed by atoms with E-state index in [0.717, 1.165) is 34.5 Å². The van der Waals surface area contributed by atoms with E-state index in [0.29, 0.717) is 11.5 Å². The zero-order valence-corrected chi connectivity index (χ0v) is 18.0. The molecule has 3 aromatic rings. The highest BCUT2D eigenvalue weighted by Gasteiger charge is 2.19. The summed E-state index contributed by atoms with van der Waals surface area (Å²) in [7, 11) is -2.03. The van der Waals surface area contributed by atoms with E-state index in [1.165, 1.54) is 12.7 Å². The highest BCUT2D eigenvalue weighted by atomic mass is 32.2. The number of hydrogen-bond acceptors (Lipinski definition) is 7. The van der Waals surface area contributed by atoms with Crippen LogP contribution in [0, 0.1) is 0 Å². The monoisotopic (exact) mass is 426 g/mol. The largest absolute Gasteiger partial charge is 0.480 e. The average Bonchev–Trinajstić information content (AvgIpc) is 3.30. The van der Waals surface area contributed by atoms with Gasteiger partial charge in [0.1, 0.15) is 16.9 Å². The maximum atomic E-state index is 12.0. The van der Waals surface area contributed by atoms with Gasteiger partial charge in [0.15, 0.2) is 5.58 Å². The number of rotatable bonds is 6. The van der Waals surface area contributed by atoms with Crippen LogP contribution >= 0.6 is 0 Å². The van der Waals surface area contributed by atoms with Crippen LogP contribution in [0.25, 0.3) is 22.2 Å². The van der Waals surface area contributed by atoms with Crippen molar-refractivity contribution in [2.45, 2.75) is 27.2 Å². The Morgan fingerprint density at radius 3 is 2.67 bits per heavy atom. The fourth-order valence-corrected chi connectivity index (χ4v) is 3.78. The first-order chi connectivity index (χ1) is 14.3. The lowest BCUT2D eigenvalue weighted by atomic mass is 10.1. The van der Waals surface area contributed by atoms with Crippen molar-refractivity contribution in [2.75, 3.05) is 17.6 Å². The summed E-state index contributed by atoms with van der Waals surface area (Å²) in [4.78, 5) is 13.3. The molecule has 0 fully saturated rings. The van der Waals surface area contributed by atoms with Crippen LogP contribution in [0.2, 0.25) is 0 Å². The zero-order valence-electron chi connectivity index (χ0n) is 17.2. The van der Waals surface area contributed by atoms with Crippen molar-refractivity contribution < 1.29 is 17.6 Å². The van der Waals surface area contributed by atoms with E-state index >= 15 is 0 Å². The molecule has 2 aromatic heterocycles. The third-order valence-electron chi connectivity index (χ3n) is 5.01. The predicted octanol–water partition coefficient (Wildman–Crippen LogP) is 4.15. The predicted molar refractivity (Wildman–Crippen MR) is 116 cm³/mol. The number of benzene rings is 1. The number of nitrogens with one attached hydrogen (secondary N) is 1. The number of aliphatic imine (C=N–C) groups is 1. The van der Waals surface area contributed by atoms with Gasteiger partial charge in [-0.15, -0.1) is 0 Å². The van der Waals surface area contributed by atoms with Crippen LogP contribution in [-0.4, -0.2) is 37.0 Å². The summed E-state index contributed by atoms with van der Waals surface area (Å²) in [6, 6.07) is 7.30. The lowest BCUT2D eigenvalue weighted by Gasteiger charge is -2.11. The minimum atomic E-state index is -3.47. The standard InChI is InChI=1S/C21H22N4O4S/c1-5-30(26,27)25-18-9-15(11-22-20(18)28-4)14-6-7-16-19(10-14)29-21(24-16)17-8-12(2)13(3)23-17/h6-7,9-11,25H,5,8H2,1-4H3. The molecule has 30 heavy (non-hydrogen) atoms. The van der Waals surface area contributed by atoms with E-state index in [2.05, 4.69) is 19.7 Å². The molecule has 9 heteroatoms. The Kier molecular flexibility index (Phi) is 5.07. The number of hydrogen-bond donors (Lipinski definition) is 1. The first-order valence-electron chi connectivity index (χ1n) is 9.49. The summed E-state index contributed by atoms with van der Waals surface area (Å²) in [5, 5.41) is 0. The number of allylic oxidation sites excluding steroid dienone is 2. The van der Waals surface area contributed by atoms with Crippen molar-refractivity contribution >= 4 is 32.5 Å². The number of pyridine rings is 1. The van der Waals surface area contributed by atoms with Gasteiger partial charge < -0.3 is 9.15 Å². The molecular weight excluding hydrogens is 404 g/mol. The van der Waals surface area contributed by atoms with Gasteiger partial charge in [0, 0.05) is 23.9 Å². The molecule has 0 aliphatic carbocycles. The molecule has 1 aliphatic heterocycles. The number of sulfonamides is 1. The van der Waals surface area contributed by atoms with Gasteiger partial charge >= 0.3 is 0 Å². The van der Waals surface area contributed by atoms with Crippen molar-refractivity contribution in [2.24, 2.45) is 4.99 Å². The Morgan fingerprint density at radius 1 is 1.20 bits per heavy atom. The summed E-state index contributed by atoms with van der Waals surface area (Å²) in [5.74, 6) is 0.670. The number of methoxy groups -OCH3 is 1. The van der Waals surface area contributed by atoms with Crippen LogP contribution < -0.4 is 9.46 Å². The maximum Gasteiger partial charge on any atom is 0.242 e. The van der Waals surface area contributed by atoms with Crippen LogP contribution in [0.5, 0.6) is 5.88 Å². The van der Waals surface area contributed by atoms with Crippen LogP contribution in [0.15, 0.2) is 51.1 Å². The van der Waals surface area contributed by atoms with Crippen molar-refractivity contribution in [3.63, 3.8) is 0 Å². The van der Waals surface area contributed by atoms with Gasteiger partial charge in [-0.2, -0.15) is 0 Å². The minimum absolute atomic E-state index is 0.0507. The minimum Gasteiger partial charge on any atom is -0.480 e. The van der Waals surface area contributed by atoms with E-state index in [9.17, 15) is 8.42 Å². The van der Waals surface area contributed by atoms with E-state index < -0.39 is 10.0 Å².